The van der Waals surface area contributed by atoms with Gasteiger partial charge in [-0.15, -0.1) is 0 Å². The van der Waals surface area contributed by atoms with Crippen LogP contribution in [0.4, 0.5) is 0 Å². The fraction of sp³-hybridized carbons (Fsp3) is 0.600. The van der Waals surface area contributed by atoms with Gasteiger partial charge in [0.05, 0.1) is 6.61 Å². The summed E-state index contributed by atoms with van der Waals surface area (Å²) in [4.78, 5) is 48.5. The molecular formula is C15H18N2O8. The number of nitrogens with zero attached hydrogens (tertiary/aromatic N) is 1. The van der Waals surface area contributed by atoms with Crippen molar-refractivity contribution >= 4 is 11.9 Å². The van der Waals surface area contributed by atoms with Crippen LogP contribution in [0.2, 0.25) is 0 Å². The topological polar surface area (TPSA) is 126 Å². The maximum absolute atomic E-state index is 12.1. The van der Waals surface area contributed by atoms with Crippen LogP contribution in [-0.4, -0.2) is 52.5 Å². The predicted molar refractivity (Wildman–Crippen MR) is 80.8 cm³/mol. The number of H-pyrrole nitrogens is 1. The first-order valence-electron chi connectivity index (χ1n) is 7.65. The molecule has 10 heteroatoms. The molecule has 1 N–H and O–H groups in total. The quantitative estimate of drug-likeness (QED) is 0.683. The second-order valence-electron chi connectivity index (χ2n) is 6.14. The van der Waals surface area contributed by atoms with Crippen LogP contribution >= 0.6 is 0 Å². The van der Waals surface area contributed by atoms with Crippen molar-refractivity contribution in [2.24, 2.45) is 0 Å². The van der Waals surface area contributed by atoms with Crippen molar-refractivity contribution in [2.45, 2.75) is 44.8 Å². The van der Waals surface area contributed by atoms with E-state index in [-0.39, 0.29) is 13.2 Å². The zero-order chi connectivity index (χ0) is 18.4. The Morgan fingerprint density at radius 2 is 2.08 bits per heavy atom. The van der Waals surface area contributed by atoms with Gasteiger partial charge in [-0.2, -0.15) is 0 Å². The minimum absolute atomic E-state index is 0.0382. The molecule has 2 aliphatic heterocycles. The monoisotopic (exact) mass is 354 g/mol. The highest BCUT2D eigenvalue weighted by molar-refractivity contribution is 5.67. The molecule has 2 fully saturated rings. The smallest absolute Gasteiger partial charge is 0.330 e. The Balaban J connectivity index is 1.98. The molecule has 1 unspecified atom stereocenters. The summed E-state index contributed by atoms with van der Waals surface area (Å²) in [6.07, 6.45) is -1.21. The average Bonchev–Trinajstić information content (AvgIpc) is 3.00. The van der Waals surface area contributed by atoms with Crippen molar-refractivity contribution < 1.29 is 28.5 Å². The Labute approximate surface area is 141 Å². The first-order valence-corrected chi connectivity index (χ1v) is 7.65. The number of esters is 2. The molecule has 25 heavy (non-hydrogen) atoms. The zero-order valence-electron chi connectivity index (χ0n) is 13.9. The van der Waals surface area contributed by atoms with Gasteiger partial charge in [0.1, 0.15) is 12.7 Å². The number of fused-ring (bicyclic) bond motifs is 2. The lowest BCUT2D eigenvalue weighted by Gasteiger charge is -2.30. The van der Waals surface area contributed by atoms with Gasteiger partial charge in [-0.1, -0.05) is 0 Å². The molecule has 3 heterocycles. The summed E-state index contributed by atoms with van der Waals surface area (Å²) in [6.45, 7) is 3.87. The minimum atomic E-state index is -1.21. The van der Waals surface area contributed by atoms with Gasteiger partial charge in [0.15, 0.2) is 17.9 Å². The van der Waals surface area contributed by atoms with Gasteiger partial charge >= 0.3 is 17.6 Å². The van der Waals surface area contributed by atoms with Crippen LogP contribution in [0.15, 0.2) is 15.8 Å². The van der Waals surface area contributed by atoms with Crippen LogP contribution in [0.1, 0.15) is 25.6 Å². The summed E-state index contributed by atoms with van der Waals surface area (Å²) in [5.74, 6) is -1.08. The molecular weight excluding hydrogens is 336 g/mol. The number of carbonyl (C=O) groups excluding carboxylic acids is 2. The molecule has 2 bridgehead atoms. The first-order chi connectivity index (χ1) is 11.7. The third-order valence-electron chi connectivity index (χ3n) is 4.21. The fourth-order valence-corrected chi connectivity index (χ4v) is 3.07. The molecule has 3 rings (SSSR count). The van der Waals surface area contributed by atoms with Crippen molar-refractivity contribution in [3.8, 4) is 0 Å². The largest absolute Gasteiger partial charge is 0.463 e. The van der Waals surface area contributed by atoms with E-state index in [1.165, 1.54) is 24.6 Å². The first kappa shape index (κ1) is 17.4. The van der Waals surface area contributed by atoms with E-state index < -0.39 is 47.2 Å². The molecule has 0 amide bonds. The number of aromatic nitrogens is 2. The van der Waals surface area contributed by atoms with Crippen LogP contribution in [0, 0.1) is 6.92 Å². The lowest BCUT2D eigenvalue weighted by Crippen LogP contribution is -2.47. The number of rotatable bonds is 4. The second-order valence-corrected chi connectivity index (χ2v) is 6.14. The molecule has 0 aromatic carbocycles. The summed E-state index contributed by atoms with van der Waals surface area (Å²) in [6, 6.07) is 0. The van der Waals surface area contributed by atoms with E-state index in [1.807, 2.05) is 0 Å². The summed E-state index contributed by atoms with van der Waals surface area (Å²) in [7, 11) is 0. The fourth-order valence-electron chi connectivity index (χ4n) is 3.07. The van der Waals surface area contributed by atoms with Crippen LogP contribution in [0.25, 0.3) is 0 Å². The van der Waals surface area contributed by atoms with Gasteiger partial charge in [-0.05, 0) is 6.92 Å². The van der Waals surface area contributed by atoms with E-state index in [1.54, 1.807) is 6.92 Å². The maximum Gasteiger partial charge on any atom is 0.330 e. The van der Waals surface area contributed by atoms with Crippen molar-refractivity contribution in [3.05, 3.63) is 32.6 Å². The number of hydrogen-bond donors (Lipinski definition) is 1. The van der Waals surface area contributed by atoms with Crippen LogP contribution in [0.3, 0.4) is 0 Å². The number of carbonyl (C=O) groups is 2. The summed E-state index contributed by atoms with van der Waals surface area (Å²) < 4.78 is 23.1. The molecule has 0 spiro atoms. The van der Waals surface area contributed by atoms with Crippen LogP contribution in [0.5, 0.6) is 0 Å². The number of nitrogens with one attached hydrogen (secondary N) is 1. The van der Waals surface area contributed by atoms with Gasteiger partial charge in [-0.3, -0.25) is 23.9 Å². The number of ether oxygens (including phenoxy) is 4. The Morgan fingerprint density at radius 1 is 1.36 bits per heavy atom. The van der Waals surface area contributed by atoms with Crippen LogP contribution in [-0.2, 0) is 28.5 Å². The van der Waals surface area contributed by atoms with Crippen molar-refractivity contribution in [1.29, 1.82) is 0 Å². The van der Waals surface area contributed by atoms with Crippen LogP contribution < -0.4 is 11.2 Å². The van der Waals surface area contributed by atoms with Crippen molar-refractivity contribution in [2.75, 3.05) is 13.2 Å². The van der Waals surface area contributed by atoms with Crippen molar-refractivity contribution in [1.82, 2.24) is 9.55 Å². The molecule has 136 valence electrons. The summed E-state index contributed by atoms with van der Waals surface area (Å²) >= 11 is 0. The maximum atomic E-state index is 12.1. The highest BCUT2D eigenvalue weighted by Gasteiger charge is 2.65. The van der Waals surface area contributed by atoms with Gasteiger partial charge in [0.25, 0.3) is 5.56 Å². The Bertz CT molecular complexity index is 828. The van der Waals surface area contributed by atoms with Gasteiger partial charge in [0, 0.05) is 25.6 Å². The molecule has 2 aliphatic rings. The SMILES string of the molecule is CC(=O)OCC12CO[C@@H]([C@H](n3cc(C)c(=O)[nH]c3=O)O1)[C@@H]2OC(C)=O. The molecule has 1 aromatic heterocycles. The third kappa shape index (κ3) is 2.98. The number of aromatic amines is 1. The van der Waals surface area contributed by atoms with E-state index in [9.17, 15) is 19.2 Å². The molecule has 0 radical (unpaired) electrons. The second kappa shape index (κ2) is 6.12. The summed E-state index contributed by atoms with van der Waals surface area (Å²) in [5, 5.41) is 0. The van der Waals surface area contributed by atoms with E-state index >= 15 is 0 Å². The number of hydrogen-bond acceptors (Lipinski definition) is 8. The number of aryl methyl sites for hydroxylation is 1. The zero-order valence-corrected chi connectivity index (χ0v) is 13.9. The molecule has 1 aromatic rings. The minimum Gasteiger partial charge on any atom is -0.463 e. The highest BCUT2D eigenvalue weighted by Crippen LogP contribution is 2.46. The molecule has 0 aliphatic carbocycles. The van der Waals surface area contributed by atoms with E-state index in [0.29, 0.717) is 5.56 Å². The molecule has 2 saturated heterocycles. The third-order valence-corrected chi connectivity index (χ3v) is 4.21. The molecule has 4 atom stereocenters. The average molecular weight is 354 g/mol. The predicted octanol–water partition coefficient (Wildman–Crippen LogP) is -0.994. The van der Waals surface area contributed by atoms with Gasteiger partial charge in [-0.25, -0.2) is 4.79 Å². The summed E-state index contributed by atoms with van der Waals surface area (Å²) in [5.41, 5.74) is -2.09. The Hall–Kier alpha value is -2.46. The van der Waals surface area contributed by atoms with E-state index in [4.69, 9.17) is 18.9 Å². The Kier molecular flexibility index (Phi) is 4.25. The molecule has 0 saturated carbocycles. The van der Waals surface area contributed by atoms with Gasteiger partial charge in [0.2, 0.25) is 0 Å². The highest BCUT2D eigenvalue weighted by atomic mass is 16.7. The standard InChI is InChI=1S/C15H18N2O8/c1-7-4-17(14(21)16-12(7)20)13-10-11(24-9(3)19)15(25-13,6-23-10)5-22-8(2)18/h4,10-11,13H,5-6H2,1-3H3,(H,16,20,21)/t10-,11+,13-,15?/m1/s1. The van der Waals surface area contributed by atoms with E-state index in [0.717, 1.165) is 0 Å². The molecule has 10 nitrogen and oxygen atoms in total. The lowest BCUT2D eigenvalue weighted by molar-refractivity contribution is -0.198. The van der Waals surface area contributed by atoms with Gasteiger partial charge < -0.3 is 18.9 Å². The lowest BCUT2D eigenvalue weighted by atomic mass is 10.00. The van der Waals surface area contributed by atoms with E-state index in [2.05, 4.69) is 4.98 Å². The van der Waals surface area contributed by atoms with Crippen molar-refractivity contribution in [3.63, 3.8) is 0 Å². The normalized spacial score (nSPS) is 30.3. The Morgan fingerprint density at radius 3 is 2.72 bits per heavy atom.